The van der Waals surface area contributed by atoms with E-state index in [-0.39, 0.29) is 5.97 Å². The van der Waals surface area contributed by atoms with Crippen molar-refractivity contribution in [2.45, 2.75) is 19.9 Å². The molecule has 1 aromatic heterocycles. The molecule has 0 saturated heterocycles. The third kappa shape index (κ3) is 3.99. The Balaban J connectivity index is 1.97. The number of hydrogen-bond donors (Lipinski definition) is 1. The van der Waals surface area contributed by atoms with E-state index in [2.05, 4.69) is 10.1 Å². The summed E-state index contributed by atoms with van der Waals surface area (Å²) < 4.78 is 4.66. The van der Waals surface area contributed by atoms with E-state index in [0.717, 1.165) is 21.2 Å². The van der Waals surface area contributed by atoms with Crippen molar-refractivity contribution in [3.63, 3.8) is 0 Å². The fraction of sp³-hybridized carbons (Fsp3) is 0.267. The number of hydrogen-bond acceptors (Lipinski definition) is 4. The van der Waals surface area contributed by atoms with Gasteiger partial charge in [-0.05, 0) is 36.8 Å². The Kier molecular flexibility index (Phi) is 5.04. The lowest BCUT2D eigenvalue weighted by Gasteiger charge is -2.08. The van der Waals surface area contributed by atoms with Crippen LogP contribution in [0.4, 0.5) is 5.69 Å². The first-order valence-electron chi connectivity index (χ1n) is 6.23. The Labute approximate surface area is 127 Å². The molecular formula is C15H16ClNO2S. The van der Waals surface area contributed by atoms with Crippen LogP contribution in [0.3, 0.4) is 0 Å². The molecule has 5 heteroatoms. The molecule has 2 rings (SSSR count). The number of carbonyl (C=O) groups excluding carboxylic acids is 1. The maximum Gasteiger partial charge on any atom is 0.310 e. The van der Waals surface area contributed by atoms with Crippen molar-refractivity contribution >= 4 is 34.6 Å². The molecule has 0 unspecified atom stereocenters. The minimum absolute atomic E-state index is 0.211. The van der Waals surface area contributed by atoms with Crippen LogP contribution in [-0.4, -0.2) is 13.1 Å². The summed E-state index contributed by atoms with van der Waals surface area (Å²) in [7, 11) is 1.40. The summed E-state index contributed by atoms with van der Waals surface area (Å²) in [6.07, 6.45) is 0.331. The molecule has 0 aliphatic heterocycles. The van der Waals surface area contributed by atoms with Crippen LogP contribution >= 0.6 is 22.9 Å². The molecule has 3 nitrogen and oxygen atoms in total. The first kappa shape index (κ1) is 14.9. The predicted molar refractivity (Wildman–Crippen MR) is 83.6 cm³/mol. The van der Waals surface area contributed by atoms with Crippen molar-refractivity contribution in [3.05, 3.63) is 50.7 Å². The Bertz CT molecular complexity index is 610. The number of nitrogens with one attached hydrogen (secondary N) is 1. The second kappa shape index (κ2) is 6.77. The van der Waals surface area contributed by atoms with E-state index in [4.69, 9.17) is 11.6 Å². The van der Waals surface area contributed by atoms with Crippen molar-refractivity contribution in [3.8, 4) is 0 Å². The maximum atomic E-state index is 11.2. The van der Waals surface area contributed by atoms with E-state index in [1.54, 1.807) is 11.3 Å². The van der Waals surface area contributed by atoms with Crippen LogP contribution in [0.1, 0.15) is 15.3 Å². The molecule has 0 radical (unpaired) electrons. The number of aryl methyl sites for hydroxylation is 1. The number of thiophene rings is 1. The highest BCUT2D eigenvalue weighted by atomic mass is 35.5. The van der Waals surface area contributed by atoms with Crippen LogP contribution in [0.2, 0.25) is 5.02 Å². The lowest BCUT2D eigenvalue weighted by atomic mass is 10.2. The first-order chi connectivity index (χ1) is 9.58. The van der Waals surface area contributed by atoms with Gasteiger partial charge in [0, 0.05) is 27.0 Å². The lowest BCUT2D eigenvalue weighted by molar-refractivity contribution is -0.139. The Morgan fingerprint density at radius 3 is 2.80 bits per heavy atom. The van der Waals surface area contributed by atoms with Gasteiger partial charge >= 0.3 is 5.97 Å². The molecule has 2 aromatic rings. The lowest BCUT2D eigenvalue weighted by Crippen LogP contribution is -2.02. The van der Waals surface area contributed by atoms with E-state index < -0.39 is 0 Å². The van der Waals surface area contributed by atoms with Gasteiger partial charge in [-0.3, -0.25) is 4.79 Å². The van der Waals surface area contributed by atoms with Gasteiger partial charge in [-0.2, -0.15) is 0 Å². The van der Waals surface area contributed by atoms with E-state index in [9.17, 15) is 4.79 Å². The number of halogens is 1. The summed E-state index contributed by atoms with van der Waals surface area (Å²) in [5, 5.41) is 4.08. The standard InChI is InChI=1S/C15H16ClNO2S/c1-10-3-4-11(16)7-14(10)17-9-13-6-5-12(20-13)8-15(18)19-2/h3-7,17H,8-9H2,1-2H3. The Morgan fingerprint density at radius 2 is 2.05 bits per heavy atom. The highest BCUT2D eigenvalue weighted by Crippen LogP contribution is 2.23. The van der Waals surface area contributed by atoms with E-state index in [1.165, 1.54) is 12.0 Å². The normalized spacial score (nSPS) is 10.3. The van der Waals surface area contributed by atoms with E-state index in [0.29, 0.717) is 13.0 Å². The highest BCUT2D eigenvalue weighted by Gasteiger charge is 2.06. The van der Waals surface area contributed by atoms with Crippen LogP contribution < -0.4 is 5.32 Å². The molecule has 0 spiro atoms. The van der Waals surface area contributed by atoms with Gasteiger partial charge in [-0.25, -0.2) is 0 Å². The van der Waals surface area contributed by atoms with Gasteiger partial charge in [-0.1, -0.05) is 17.7 Å². The maximum absolute atomic E-state index is 11.2. The minimum Gasteiger partial charge on any atom is -0.469 e. The summed E-state index contributed by atoms with van der Waals surface area (Å²) in [5.41, 5.74) is 2.18. The second-order valence-corrected chi connectivity index (χ2v) is 6.12. The summed E-state index contributed by atoms with van der Waals surface area (Å²) in [4.78, 5) is 13.4. The zero-order valence-electron chi connectivity index (χ0n) is 11.4. The van der Waals surface area contributed by atoms with Gasteiger partial charge in [0.2, 0.25) is 0 Å². The number of ether oxygens (including phenoxy) is 1. The van der Waals surface area contributed by atoms with Crippen molar-refractivity contribution in [1.82, 2.24) is 0 Å². The summed E-state index contributed by atoms with van der Waals surface area (Å²) >= 11 is 7.60. The van der Waals surface area contributed by atoms with Gasteiger partial charge < -0.3 is 10.1 Å². The molecule has 0 fully saturated rings. The third-order valence-electron chi connectivity index (χ3n) is 2.92. The molecule has 1 heterocycles. The highest BCUT2D eigenvalue weighted by molar-refractivity contribution is 7.12. The topological polar surface area (TPSA) is 38.3 Å². The number of benzene rings is 1. The summed E-state index contributed by atoms with van der Waals surface area (Å²) in [6.45, 7) is 2.75. The van der Waals surface area contributed by atoms with Gasteiger partial charge in [0.05, 0.1) is 13.5 Å². The van der Waals surface area contributed by atoms with Crippen LogP contribution in [0.5, 0.6) is 0 Å². The van der Waals surface area contributed by atoms with E-state index >= 15 is 0 Å². The van der Waals surface area contributed by atoms with Crippen LogP contribution in [0, 0.1) is 6.92 Å². The largest absolute Gasteiger partial charge is 0.469 e. The average Bonchev–Trinajstić information content (AvgIpc) is 2.87. The first-order valence-corrected chi connectivity index (χ1v) is 7.42. The van der Waals surface area contributed by atoms with Crippen LogP contribution in [0.15, 0.2) is 30.3 Å². The zero-order chi connectivity index (χ0) is 14.5. The number of anilines is 1. The molecule has 0 aliphatic rings. The SMILES string of the molecule is COC(=O)Cc1ccc(CNc2cc(Cl)ccc2C)s1. The van der Waals surface area contributed by atoms with Crippen molar-refractivity contribution in [1.29, 1.82) is 0 Å². The van der Waals surface area contributed by atoms with Gasteiger partial charge in [0.15, 0.2) is 0 Å². The smallest absolute Gasteiger partial charge is 0.310 e. The number of carbonyl (C=O) groups is 1. The minimum atomic E-state index is -0.211. The Morgan fingerprint density at radius 1 is 1.30 bits per heavy atom. The molecule has 0 atom stereocenters. The summed E-state index contributed by atoms with van der Waals surface area (Å²) in [6, 6.07) is 9.77. The number of rotatable bonds is 5. The van der Waals surface area contributed by atoms with Crippen molar-refractivity contribution in [2.75, 3.05) is 12.4 Å². The molecule has 1 aromatic carbocycles. The fourth-order valence-corrected chi connectivity index (χ4v) is 2.91. The predicted octanol–water partition coefficient (Wildman–Crippen LogP) is 4.04. The quantitative estimate of drug-likeness (QED) is 0.847. The van der Waals surface area contributed by atoms with Crippen LogP contribution in [-0.2, 0) is 22.5 Å². The van der Waals surface area contributed by atoms with Crippen molar-refractivity contribution < 1.29 is 9.53 Å². The monoisotopic (exact) mass is 309 g/mol. The van der Waals surface area contributed by atoms with Crippen molar-refractivity contribution in [2.24, 2.45) is 0 Å². The number of esters is 1. The number of methoxy groups -OCH3 is 1. The Hall–Kier alpha value is -1.52. The molecule has 0 amide bonds. The van der Waals surface area contributed by atoms with Crippen LogP contribution in [0.25, 0.3) is 0 Å². The molecule has 0 bridgehead atoms. The molecular weight excluding hydrogens is 294 g/mol. The summed E-state index contributed by atoms with van der Waals surface area (Å²) in [5.74, 6) is -0.211. The third-order valence-corrected chi connectivity index (χ3v) is 4.24. The second-order valence-electron chi connectivity index (χ2n) is 4.43. The van der Waals surface area contributed by atoms with Gasteiger partial charge in [0.25, 0.3) is 0 Å². The fourth-order valence-electron chi connectivity index (χ4n) is 1.79. The molecule has 0 saturated carbocycles. The van der Waals surface area contributed by atoms with Gasteiger partial charge in [0.1, 0.15) is 0 Å². The van der Waals surface area contributed by atoms with Gasteiger partial charge in [-0.15, -0.1) is 11.3 Å². The molecule has 106 valence electrons. The molecule has 0 aliphatic carbocycles. The average molecular weight is 310 g/mol. The van der Waals surface area contributed by atoms with E-state index in [1.807, 2.05) is 37.3 Å². The molecule has 1 N–H and O–H groups in total. The zero-order valence-corrected chi connectivity index (χ0v) is 13.0. The molecule has 20 heavy (non-hydrogen) atoms.